The molecular formula is C14H21NOS. The lowest BCUT2D eigenvalue weighted by molar-refractivity contribution is 0.304. The molecule has 0 aliphatic rings. The smallest absolute Gasteiger partial charge is 0.129 e. The largest absolute Gasteiger partial charge is 0.493 e. The Kier molecular flexibility index (Phi) is 5.98. The second-order valence-electron chi connectivity index (χ2n) is 4.27. The van der Waals surface area contributed by atoms with Gasteiger partial charge in [0.1, 0.15) is 10.7 Å². The van der Waals surface area contributed by atoms with Crippen LogP contribution in [0.25, 0.3) is 0 Å². The fourth-order valence-electron chi connectivity index (χ4n) is 1.67. The van der Waals surface area contributed by atoms with Crippen LogP contribution in [-0.4, -0.2) is 11.6 Å². The van der Waals surface area contributed by atoms with Gasteiger partial charge in [-0.05, 0) is 25.5 Å². The van der Waals surface area contributed by atoms with Gasteiger partial charge in [0.25, 0.3) is 0 Å². The van der Waals surface area contributed by atoms with Gasteiger partial charge in [-0.25, -0.2) is 0 Å². The lowest BCUT2D eigenvalue weighted by atomic mass is 10.1. The maximum atomic E-state index is 5.73. The number of aryl methyl sites for hydroxylation is 1. The van der Waals surface area contributed by atoms with E-state index in [0.717, 1.165) is 29.9 Å². The molecule has 0 spiro atoms. The second-order valence-corrected chi connectivity index (χ2v) is 4.71. The first-order valence-corrected chi connectivity index (χ1v) is 6.59. The van der Waals surface area contributed by atoms with Crippen LogP contribution in [0.5, 0.6) is 5.75 Å². The molecule has 2 N–H and O–H groups in total. The summed E-state index contributed by atoms with van der Waals surface area (Å²) in [7, 11) is 0. The monoisotopic (exact) mass is 251 g/mol. The van der Waals surface area contributed by atoms with E-state index in [1.54, 1.807) is 0 Å². The van der Waals surface area contributed by atoms with Gasteiger partial charge in [-0.15, -0.1) is 0 Å². The molecule has 0 atom stereocenters. The highest BCUT2D eigenvalue weighted by atomic mass is 32.1. The number of hydrogen-bond donors (Lipinski definition) is 1. The van der Waals surface area contributed by atoms with Crippen molar-refractivity contribution in [1.82, 2.24) is 0 Å². The predicted octanol–water partition coefficient (Wildman–Crippen LogP) is 3.59. The van der Waals surface area contributed by atoms with Crippen LogP contribution >= 0.6 is 12.2 Å². The average Bonchev–Trinajstić information content (AvgIpc) is 2.30. The minimum Gasteiger partial charge on any atom is -0.493 e. The average molecular weight is 251 g/mol. The van der Waals surface area contributed by atoms with Crippen LogP contribution in [0, 0.1) is 6.92 Å². The molecule has 0 saturated carbocycles. The number of rotatable bonds is 7. The van der Waals surface area contributed by atoms with E-state index in [9.17, 15) is 0 Å². The first-order valence-electron chi connectivity index (χ1n) is 6.18. The van der Waals surface area contributed by atoms with Crippen LogP contribution in [0.15, 0.2) is 18.2 Å². The number of nitrogens with two attached hydrogens (primary N) is 1. The standard InChI is InChI=1S/C14H21NOS/c1-3-4-5-6-9-16-13-8-7-11(2)10-12(13)14(15)17/h7-8,10H,3-6,9H2,1-2H3,(H2,15,17). The van der Waals surface area contributed by atoms with Crippen molar-refractivity contribution in [2.24, 2.45) is 5.73 Å². The molecule has 0 fully saturated rings. The minimum atomic E-state index is 0.400. The first-order chi connectivity index (χ1) is 8.15. The van der Waals surface area contributed by atoms with E-state index >= 15 is 0 Å². The molecule has 17 heavy (non-hydrogen) atoms. The van der Waals surface area contributed by atoms with Crippen LogP contribution in [0.1, 0.15) is 43.7 Å². The Morgan fingerprint density at radius 1 is 1.29 bits per heavy atom. The summed E-state index contributed by atoms with van der Waals surface area (Å²) in [4.78, 5) is 0.400. The number of thiocarbonyl (C=S) groups is 1. The molecule has 0 unspecified atom stereocenters. The summed E-state index contributed by atoms with van der Waals surface area (Å²) in [5, 5.41) is 0. The third-order valence-electron chi connectivity index (χ3n) is 2.66. The van der Waals surface area contributed by atoms with E-state index in [0.29, 0.717) is 4.99 Å². The summed E-state index contributed by atoms with van der Waals surface area (Å²) in [5.41, 5.74) is 7.67. The van der Waals surface area contributed by atoms with Crippen molar-refractivity contribution in [2.75, 3.05) is 6.61 Å². The normalized spacial score (nSPS) is 10.2. The van der Waals surface area contributed by atoms with Gasteiger partial charge in [-0.3, -0.25) is 0 Å². The molecule has 2 nitrogen and oxygen atoms in total. The Bertz CT molecular complexity index is 376. The van der Waals surface area contributed by atoms with Crippen molar-refractivity contribution in [3.63, 3.8) is 0 Å². The summed E-state index contributed by atoms with van der Waals surface area (Å²) in [5.74, 6) is 0.805. The van der Waals surface area contributed by atoms with Crippen molar-refractivity contribution in [2.45, 2.75) is 39.5 Å². The lowest BCUT2D eigenvalue weighted by Gasteiger charge is -2.11. The zero-order chi connectivity index (χ0) is 12.7. The second kappa shape index (κ2) is 7.28. The molecule has 0 heterocycles. The van der Waals surface area contributed by atoms with E-state index in [2.05, 4.69) is 6.92 Å². The highest BCUT2D eigenvalue weighted by molar-refractivity contribution is 7.80. The van der Waals surface area contributed by atoms with E-state index in [1.165, 1.54) is 19.3 Å². The highest BCUT2D eigenvalue weighted by Crippen LogP contribution is 2.20. The molecule has 0 radical (unpaired) electrons. The zero-order valence-electron chi connectivity index (χ0n) is 10.7. The first kappa shape index (κ1) is 14.0. The summed E-state index contributed by atoms with van der Waals surface area (Å²) in [6.07, 6.45) is 4.80. The summed E-state index contributed by atoms with van der Waals surface area (Å²) in [6.45, 7) is 4.96. The Balaban J connectivity index is 2.55. The van der Waals surface area contributed by atoms with Gasteiger partial charge >= 0.3 is 0 Å². The maximum absolute atomic E-state index is 5.73. The van der Waals surface area contributed by atoms with Crippen LogP contribution in [0.4, 0.5) is 0 Å². The van der Waals surface area contributed by atoms with Crippen molar-refractivity contribution < 1.29 is 4.74 Å². The molecule has 0 amide bonds. The van der Waals surface area contributed by atoms with Gasteiger partial charge in [0, 0.05) is 0 Å². The molecule has 0 aromatic heterocycles. The topological polar surface area (TPSA) is 35.2 Å². The molecule has 0 aliphatic heterocycles. The van der Waals surface area contributed by atoms with Crippen LogP contribution in [-0.2, 0) is 0 Å². The molecule has 0 saturated heterocycles. The van der Waals surface area contributed by atoms with Gasteiger partial charge in [0.05, 0.1) is 12.2 Å². The van der Waals surface area contributed by atoms with Crippen molar-refractivity contribution >= 4 is 17.2 Å². The molecule has 0 aliphatic carbocycles. The van der Waals surface area contributed by atoms with E-state index in [1.807, 2.05) is 25.1 Å². The maximum Gasteiger partial charge on any atom is 0.129 e. The quantitative estimate of drug-likeness (QED) is 0.594. The van der Waals surface area contributed by atoms with Gasteiger partial charge in [0.2, 0.25) is 0 Å². The summed E-state index contributed by atoms with van der Waals surface area (Å²) >= 11 is 5.03. The fourth-order valence-corrected chi connectivity index (χ4v) is 1.83. The predicted molar refractivity (Wildman–Crippen MR) is 76.7 cm³/mol. The third kappa shape index (κ3) is 4.73. The Labute approximate surface area is 109 Å². The van der Waals surface area contributed by atoms with Gasteiger partial charge in [-0.2, -0.15) is 0 Å². The van der Waals surface area contributed by atoms with Crippen LogP contribution in [0.3, 0.4) is 0 Å². The molecule has 1 aromatic carbocycles. The number of benzene rings is 1. The summed E-state index contributed by atoms with van der Waals surface area (Å²) in [6, 6.07) is 5.94. The summed E-state index contributed by atoms with van der Waals surface area (Å²) < 4.78 is 5.73. The van der Waals surface area contributed by atoms with E-state index in [-0.39, 0.29) is 0 Å². The van der Waals surface area contributed by atoms with E-state index < -0.39 is 0 Å². The fraction of sp³-hybridized carbons (Fsp3) is 0.500. The Morgan fingerprint density at radius 2 is 2.06 bits per heavy atom. The van der Waals surface area contributed by atoms with Gasteiger partial charge in [-0.1, -0.05) is 50.0 Å². The SMILES string of the molecule is CCCCCCOc1ccc(C)cc1C(N)=S. The highest BCUT2D eigenvalue weighted by Gasteiger charge is 2.06. The molecule has 94 valence electrons. The Hall–Kier alpha value is -1.09. The minimum absolute atomic E-state index is 0.400. The van der Waals surface area contributed by atoms with Crippen LogP contribution < -0.4 is 10.5 Å². The molecule has 0 bridgehead atoms. The van der Waals surface area contributed by atoms with Crippen molar-refractivity contribution in [3.8, 4) is 5.75 Å². The van der Waals surface area contributed by atoms with Crippen molar-refractivity contribution in [1.29, 1.82) is 0 Å². The molecular weight excluding hydrogens is 230 g/mol. The molecule has 1 rings (SSSR count). The van der Waals surface area contributed by atoms with Crippen molar-refractivity contribution in [3.05, 3.63) is 29.3 Å². The van der Waals surface area contributed by atoms with Gasteiger partial charge < -0.3 is 10.5 Å². The Morgan fingerprint density at radius 3 is 2.71 bits per heavy atom. The number of unbranched alkanes of at least 4 members (excludes halogenated alkanes) is 3. The number of ether oxygens (including phenoxy) is 1. The molecule has 3 heteroatoms. The van der Waals surface area contributed by atoms with Crippen LogP contribution in [0.2, 0.25) is 0 Å². The lowest BCUT2D eigenvalue weighted by Crippen LogP contribution is -2.12. The zero-order valence-corrected chi connectivity index (χ0v) is 11.5. The third-order valence-corrected chi connectivity index (χ3v) is 2.88. The van der Waals surface area contributed by atoms with E-state index in [4.69, 9.17) is 22.7 Å². The number of hydrogen-bond acceptors (Lipinski definition) is 2. The molecule has 1 aromatic rings. The van der Waals surface area contributed by atoms with Gasteiger partial charge in [0.15, 0.2) is 0 Å².